The molecule has 6 nitrogen and oxygen atoms in total. The van der Waals surface area contributed by atoms with E-state index in [9.17, 15) is 9.59 Å². The average molecular weight is 254 g/mol. The predicted octanol–water partition coefficient (Wildman–Crippen LogP) is 0.101. The summed E-state index contributed by atoms with van der Waals surface area (Å²) < 4.78 is 0. The summed E-state index contributed by atoms with van der Waals surface area (Å²) in [5.74, 6) is 0.571. The van der Waals surface area contributed by atoms with Gasteiger partial charge in [0.05, 0.1) is 6.54 Å². The Morgan fingerprint density at radius 1 is 1.17 bits per heavy atom. The number of amides is 2. The molecule has 1 saturated heterocycles. The molecule has 2 N–H and O–H groups in total. The van der Waals surface area contributed by atoms with Crippen LogP contribution >= 0.6 is 0 Å². The van der Waals surface area contributed by atoms with E-state index in [1.165, 1.54) is 4.90 Å². The first-order valence-corrected chi connectivity index (χ1v) is 6.54. The highest BCUT2D eigenvalue weighted by Crippen LogP contribution is 2.11. The second-order valence-electron chi connectivity index (χ2n) is 4.08. The maximum Gasteiger partial charge on any atom is 0.229 e. The van der Waals surface area contributed by atoms with Gasteiger partial charge >= 0.3 is 0 Å². The normalized spacial score (nSPS) is 15.6. The molecule has 0 spiro atoms. The molecule has 1 aliphatic heterocycles. The fourth-order valence-electron chi connectivity index (χ4n) is 1.82. The van der Waals surface area contributed by atoms with Crippen LogP contribution < -0.4 is 10.6 Å². The average Bonchev–Trinajstić information content (AvgIpc) is 2.33. The van der Waals surface area contributed by atoms with Crippen molar-refractivity contribution in [1.29, 1.82) is 0 Å². The van der Waals surface area contributed by atoms with Crippen molar-refractivity contribution in [1.82, 2.24) is 15.5 Å². The topological polar surface area (TPSA) is 73.8 Å². The molecule has 0 aromatic carbocycles. The van der Waals surface area contributed by atoms with Gasteiger partial charge in [-0.3, -0.25) is 19.5 Å². The molecule has 0 aliphatic carbocycles. The van der Waals surface area contributed by atoms with Crippen LogP contribution in [-0.4, -0.2) is 48.9 Å². The van der Waals surface area contributed by atoms with E-state index >= 15 is 0 Å². The lowest BCUT2D eigenvalue weighted by atomic mass is 10.1. The molecule has 0 unspecified atom stereocenters. The number of nitrogens with one attached hydrogen (secondary N) is 2. The first kappa shape index (κ1) is 14.5. The summed E-state index contributed by atoms with van der Waals surface area (Å²) in [5.41, 5.74) is 0. The maximum absolute atomic E-state index is 11.6. The van der Waals surface area contributed by atoms with Crippen molar-refractivity contribution in [2.45, 2.75) is 33.1 Å². The first-order valence-electron chi connectivity index (χ1n) is 6.54. The molecule has 0 radical (unpaired) electrons. The molecule has 102 valence electrons. The van der Waals surface area contributed by atoms with Crippen molar-refractivity contribution in [3.63, 3.8) is 0 Å². The number of carbonyl (C=O) groups excluding carboxylic acids is 2. The molecule has 0 bridgehead atoms. The number of carbonyl (C=O) groups is 2. The Kier molecular flexibility index (Phi) is 6.18. The smallest absolute Gasteiger partial charge is 0.229 e. The number of hydrogen-bond acceptors (Lipinski definition) is 3. The maximum atomic E-state index is 11.6. The van der Waals surface area contributed by atoms with E-state index in [2.05, 4.69) is 15.6 Å². The van der Waals surface area contributed by atoms with Gasteiger partial charge in [0.25, 0.3) is 0 Å². The summed E-state index contributed by atoms with van der Waals surface area (Å²) in [6.45, 7) is 6.36. The quantitative estimate of drug-likeness (QED) is 0.414. The fourth-order valence-corrected chi connectivity index (χ4v) is 1.82. The van der Waals surface area contributed by atoms with Gasteiger partial charge in [-0.2, -0.15) is 0 Å². The highest BCUT2D eigenvalue weighted by atomic mass is 16.2. The zero-order valence-corrected chi connectivity index (χ0v) is 11.2. The number of nitrogens with zero attached hydrogens (tertiary/aromatic N) is 2. The Balaban J connectivity index is 2.44. The summed E-state index contributed by atoms with van der Waals surface area (Å²) >= 11 is 0. The number of hydrogen-bond donors (Lipinski definition) is 2. The highest BCUT2D eigenvalue weighted by Gasteiger charge is 2.24. The second kappa shape index (κ2) is 7.68. The fraction of sp³-hybridized carbons (Fsp3) is 0.750. The molecule has 1 aliphatic rings. The van der Waals surface area contributed by atoms with E-state index < -0.39 is 0 Å². The molecule has 2 amide bonds. The third kappa shape index (κ3) is 4.35. The van der Waals surface area contributed by atoms with Crippen LogP contribution in [0.2, 0.25) is 0 Å². The lowest BCUT2D eigenvalue weighted by Gasteiger charge is -2.24. The molecule has 0 aromatic heterocycles. The molecule has 0 aromatic rings. The van der Waals surface area contributed by atoms with E-state index in [1.54, 1.807) is 0 Å². The number of aliphatic imine (C=N–C) groups is 1. The van der Waals surface area contributed by atoms with Crippen LogP contribution in [0.5, 0.6) is 0 Å². The SMILES string of the molecule is CCNC(=NCCN1C(=O)CCCC1=O)NCC. The standard InChI is InChI=1S/C12H22N4O2/c1-3-13-12(14-4-2)15-8-9-16-10(17)6-5-7-11(16)18/h3-9H2,1-2H3,(H2,13,14,15). The second-order valence-corrected chi connectivity index (χ2v) is 4.08. The molecule has 0 saturated carbocycles. The van der Waals surface area contributed by atoms with Crippen LogP contribution in [-0.2, 0) is 9.59 Å². The minimum Gasteiger partial charge on any atom is -0.357 e. The van der Waals surface area contributed by atoms with Crippen LogP contribution in [0.4, 0.5) is 0 Å². The molecule has 1 fully saturated rings. The lowest BCUT2D eigenvalue weighted by molar-refractivity contribution is -0.147. The third-order valence-electron chi connectivity index (χ3n) is 2.67. The van der Waals surface area contributed by atoms with Crippen molar-refractivity contribution in [3.8, 4) is 0 Å². The predicted molar refractivity (Wildman–Crippen MR) is 70.2 cm³/mol. The van der Waals surface area contributed by atoms with Gasteiger partial charge in [-0.15, -0.1) is 0 Å². The van der Waals surface area contributed by atoms with Crippen molar-refractivity contribution in [2.75, 3.05) is 26.2 Å². The molecule has 18 heavy (non-hydrogen) atoms. The number of rotatable bonds is 5. The zero-order chi connectivity index (χ0) is 13.4. The summed E-state index contributed by atoms with van der Waals surface area (Å²) in [6, 6.07) is 0. The van der Waals surface area contributed by atoms with E-state index in [0.29, 0.717) is 32.4 Å². The number of piperidine rings is 1. The number of likely N-dealkylation sites (tertiary alicyclic amines) is 1. The molecular formula is C12H22N4O2. The third-order valence-corrected chi connectivity index (χ3v) is 2.67. The lowest BCUT2D eigenvalue weighted by Crippen LogP contribution is -2.42. The molecule has 6 heteroatoms. The first-order chi connectivity index (χ1) is 8.69. The van der Waals surface area contributed by atoms with Gasteiger partial charge in [0.2, 0.25) is 11.8 Å². The Hall–Kier alpha value is -1.59. The van der Waals surface area contributed by atoms with Crippen molar-refractivity contribution < 1.29 is 9.59 Å². The van der Waals surface area contributed by atoms with Crippen LogP contribution in [0.3, 0.4) is 0 Å². The van der Waals surface area contributed by atoms with Gasteiger partial charge < -0.3 is 10.6 Å². The van der Waals surface area contributed by atoms with E-state index in [0.717, 1.165) is 19.0 Å². The Bertz CT molecular complexity index is 304. The number of imide groups is 1. The van der Waals surface area contributed by atoms with E-state index in [-0.39, 0.29) is 11.8 Å². The van der Waals surface area contributed by atoms with Crippen molar-refractivity contribution >= 4 is 17.8 Å². The summed E-state index contributed by atoms with van der Waals surface area (Å²) in [6.07, 6.45) is 1.63. The highest BCUT2D eigenvalue weighted by molar-refractivity contribution is 5.97. The Morgan fingerprint density at radius 3 is 2.22 bits per heavy atom. The van der Waals surface area contributed by atoms with Crippen LogP contribution in [0.1, 0.15) is 33.1 Å². The van der Waals surface area contributed by atoms with Crippen LogP contribution in [0.15, 0.2) is 4.99 Å². The molecule has 1 rings (SSSR count). The van der Waals surface area contributed by atoms with Gasteiger partial charge in [-0.05, 0) is 20.3 Å². The summed E-state index contributed by atoms with van der Waals surface area (Å²) in [5, 5.41) is 6.19. The van der Waals surface area contributed by atoms with Gasteiger partial charge in [-0.1, -0.05) is 0 Å². The van der Waals surface area contributed by atoms with Gasteiger partial charge in [-0.25, -0.2) is 0 Å². The van der Waals surface area contributed by atoms with E-state index in [1.807, 2.05) is 13.8 Å². The number of guanidine groups is 1. The van der Waals surface area contributed by atoms with Crippen molar-refractivity contribution in [2.24, 2.45) is 4.99 Å². The summed E-state index contributed by atoms with van der Waals surface area (Å²) in [7, 11) is 0. The van der Waals surface area contributed by atoms with Gasteiger partial charge in [0, 0.05) is 32.5 Å². The molecule has 1 heterocycles. The largest absolute Gasteiger partial charge is 0.357 e. The monoisotopic (exact) mass is 254 g/mol. The van der Waals surface area contributed by atoms with E-state index in [4.69, 9.17) is 0 Å². The van der Waals surface area contributed by atoms with Crippen LogP contribution in [0, 0.1) is 0 Å². The Morgan fingerprint density at radius 2 is 1.72 bits per heavy atom. The summed E-state index contributed by atoms with van der Waals surface area (Å²) in [4.78, 5) is 28.8. The minimum absolute atomic E-state index is 0.0742. The minimum atomic E-state index is -0.0742. The van der Waals surface area contributed by atoms with Crippen LogP contribution in [0.25, 0.3) is 0 Å². The molecule has 0 atom stereocenters. The Labute approximate surface area is 108 Å². The van der Waals surface area contributed by atoms with Gasteiger partial charge in [0.15, 0.2) is 5.96 Å². The van der Waals surface area contributed by atoms with Gasteiger partial charge in [0.1, 0.15) is 0 Å². The van der Waals surface area contributed by atoms with Crippen molar-refractivity contribution in [3.05, 3.63) is 0 Å². The molecular weight excluding hydrogens is 232 g/mol. The zero-order valence-electron chi connectivity index (χ0n) is 11.2.